The fourth-order valence-corrected chi connectivity index (χ4v) is 3.74. The average molecular weight is 435 g/mol. The number of benzene rings is 1. The minimum absolute atomic E-state index is 0.255. The monoisotopic (exact) mass is 434 g/mol. The summed E-state index contributed by atoms with van der Waals surface area (Å²) in [7, 11) is 3.80. The van der Waals surface area contributed by atoms with Crippen molar-refractivity contribution in [2.24, 2.45) is 7.05 Å². The van der Waals surface area contributed by atoms with Crippen molar-refractivity contribution in [1.82, 2.24) is 9.47 Å². The number of ether oxygens (including phenoxy) is 1. The van der Waals surface area contributed by atoms with Crippen LogP contribution in [0.2, 0.25) is 5.02 Å². The van der Waals surface area contributed by atoms with Gasteiger partial charge in [-0.2, -0.15) is 0 Å². The SMILES string of the molecule is CCCCN(C)C(=O)CCCCCCCCOC(=O)c1cn(C)c2ccc(Cl)cc12. The first-order valence-corrected chi connectivity index (χ1v) is 11.5. The van der Waals surface area contributed by atoms with Crippen LogP contribution in [0.3, 0.4) is 0 Å². The van der Waals surface area contributed by atoms with E-state index >= 15 is 0 Å². The lowest BCUT2D eigenvalue weighted by molar-refractivity contribution is -0.130. The van der Waals surface area contributed by atoms with Crippen molar-refractivity contribution in [3.8, 4) is 0 Å². The number of aryl methyl sites for hydroxylation is 1. The Kier molecular flexibility index (Phi) is 10.2. The quantitative estimate of drug-likeness (QED) is 0.288. The number of rotatable bonds is 13. The van der Waals surface area contributed by atoms with Gasteiger partial charge < -0.3 is 14.2 Å². The predicted octanol–water partition coefficient (Wildman–Crippen LogP) is 5.98. The molecule has 0 aliphatic heterocycles. The van der Waals surface area contributed by atoms with Crippen molar-refractivity contribution < 1.29 is 14.3 Å². The summed E-state index contributed by atoms with van der Waals surface area (Å²) in [4.78, 5) is 26.3. The highest BCUT2D eigenvalue weighted by atomic mass is 35.5. The Morgan fingerprint density at radius 2 is 1.77 bits per heavy atom. The first-order valence-electron chi connectivity index (χ1n) is 11.1. The van der Waals surface area contributed by atoms with Gasteiger partial charge in [-0.25, -0.2) is 4.79 Å². The largest absolute Gasteiger partial charge is 0.462 e. The number of hydrogen-bond donors (Lipinski definition) is 0. The van der Waals surface area contributed by atoms with Crippen LogP contribution < -0.4 is 0 Å². The van der Waals surface area contributed by atoms with E-state index in [2.05, 4.69) is 6.92 Å². The van der Waals surface area contributed by atoms with Gasteiger partial charge in [0.2, 0.25) is 5.91 Å². The Balaban J connectivity index is 1.58. The molecule has 1 heterocycles. The highest BCUT2D eigenvalue weighted by Gasteiger charge is 2.15. The van der Waals surface area contributed by atoms with Gasteiger partial charge >= 0.3 is 5.97 Å². The topological polar surface area (TPSA) is 51.5 Å². The fraction of sp³-hybridized carbons (Fsp3) is 0.583. The van der Waals surface area contributed by atoms with Crippen LogP contribution in [0.1, 0.15) is 75.1 Å². The molecule has 5 nitrogen and oxygen atoms in total. The van der Waals surface area contributed by atoms with Gasteiger partial charge in [0, 0.05) is 49.2 Å². The molecule has 0 bridgehead atoms. The molecule has 166 valence electrons. The first kappa shape index (κ1) is 24.3. The van der Waals surface area contributed by atoms with E-state index in [1.54, 1.807) is 12.3 Å². The zero-order chi connectivity index (χ0) is 21.9. The Hall–Kier alpha value is -2.01. The van der Waals surface area contributed by atoms with Gasteiger partial charge in [0.25, 0.3) is 0 Å². The third kappa shape index (κ3) is 7.35. The zero-order valence-corrected chi connectivity index (χ0v) is 19.3. The van der Waals surface area contributed by atoms with E-state index < -0.39 is 0 Å². The predicted molar refractivity (Wildman–Crippen MR) is 123 cm³/mol. The van der Waals surface area contributed by atoms with E-state index in [0.29, 0.717) is 23.6 Å². The number of fused-ring (bicyclic) bond motifs is 1. The lowest BCUT2D eigenvalue weighted by atomic mass is 10.1. The van der Waals surface area contributed by atoms with E-state index in [4.69, 9.17) is 16.3 Å². The van der Waals surface area contributed by atoms with Gasteiger partial charge in [-0.05, 0) is 37.5 Å². The molecule has 0 fully saturated rings. The minimum Gasteiger partial charge on any atom is -0.462 e. The van der Waals surface area contributed by atoms with Crippen molar-refractivity contribution in [2.75, 3.05) is 20.2 Å². The molecule has 1 aromatic carbocycles. The molecule has 0 aliphatic rings. The van der Waals surface area contributed by atoms with Crippen LogP contribution in [0, 0.1) is 0 Å². The third-order valence-corrected chi connectivity index (χ3v) is 5.70. The van der Waals surface area contributed by atoms with E-state index in [9.17, 15) is 9.59 Å². The number of halogens is 1. The molecule has 2 aromatic rings. The van der Waals surface area contributed by atoms with E-state index in [1.165, 1.54) is 0 Å². The molecule has 1 amide bonds. The molecule has 1 aromatic heterocycles. The van der Waals surface area contributed by atoms with Crippen LogP contribution in [0.5, 0.6) is 0 Å². The standard InChI is InChI=1S/C24H35ClN2O3/c1-4-5-15-26(2)23(28)12-10-8-6-7-9-11-16-30-24(29)21-18-27(3)22-14-13-19(25)17-20(21)22/h13-14,17-18H,4-12,15-16H2,1-3H3. The summed E-state index contributed by atoms with van der Waals surface area (Å²) in [5.74, 6) is -0.0429. The van der Waals surface area contributed by atoms with Crippen LogP contribution >= 0.6 is 11.6 Å². The van der Waals surface area contributed by atoms with Crippen molar-refractivity contribution in [2.45, 2.75) is 64.7 Å². The van der Waals surface area contributed by atoms with Crippen LogP contribution in [-0.2, 0) is 16.6 Å². The summed E-state index contributed by atoms with van der Waals surface area (Å²) in [6.45, 7) is 3.43. The highest BCUT2D eigenvalue weighted by Crippen LogP contribution is 2.25. The summed E-state index contributed by atoms with van der Waals surface area (Å²) >= 11 is 6.07. The van der Waals surface area contributed by atoms with E-state index in [-0.39, 0.29) is 11.9 Å². The molecule has 6 heteroatoms. The van der Waals surface area contributed by atoms with Crippen LogP contribution in [0.15, 0.2) is 24.4 Å². The zero-order valence-electron chi connectivity index (χ0n) is 18.6. The number of carbonyl (C=O) groups is 2. The molecule has 0 spiro atoms. The van der Waals surface area contributed by atoms with E-state index in [1.807, 2.05) is 35.7 Å². The highest BCUT2D eigenvalue weighted by molar-refractivity contribution is 6.31. The van der Waals surface area contributed by atoms with Gasteiger partial charge in [0.1, 0.15) is 0 Å². The molecule has 0 atom stereocenters. The Bertz CT molecular complexity index is 831. The summed E-state index contributed by atoms with van der Waals surface area (Å²) in [5.41, 5.74) is 1.52. The maximum Gasteiger partial charge on any atom is 0.340 e. The van der Waals surface area contributed by atoms with Crippen molar-refractivity contribution in [1.29, 1.82) is 0 Å². The maximum atomic E-state index is 12.4. The molecule has 0 aliphatic carbocycles. The van der Waals surface area contributed by atoms with Crippen molar-refractivity contribution >= 4 is 34.4 Å². The van der Waals surface area contributed by atoms with Crippen LogP contribution in [0.25, 0.3) is 10.9 Å². The third-order valence-electron chi connectivity index (χ3n) is 5.46. The fourth-order valence-electron chi connectivity index (χ4n) is 3.57. The molecule has 0 radical (unpaired) electrons. The van der Waals surface area contributed by atoms with Gasteiger partial charge in [0.05, 0.1) is 12.2 Å². The number of amides is 1. The van der Waals surface area contributed by atoms with Gasteiger partial charge in [-0.1, -0.05) is 50.6 Å². The lowest BCUT2D eigenvalue weighted by Gasteiger charge is -2.16. The lowest BCUT2D eigenvalue weighted by Crippen LogP contribution is -2.27. The number of hydrogen-bond acceptors (Lipinski definition) is 3. The normalized spacial score (nSPS) is 11.1. The Morgan fingerprint density at radius 3 is 2.50 bits per heavy atom. The maximum absolute atomic E-state index is 12.4. The summed E-state index contributed by atoms with van der Waals surface area (Å²) < 4.78 is 7.37. The number of carbonyl (C=O) groups excluding carboxylic acids is 2. The number of nitrogens with zero attached hydrogens (tertiary/aromatic N) is 2. The second-order valence-corrected chi connectivity index (χ2v) is 8.43. The second-order valence-electron chi connectivity index (χ2n) is 7.99. The molecular weight excluding hydrogens is 400 g/mol. The number of unbranched alkanes of at least 4 members (excludes halogenated alkanes) is 6. The van der Waals surface area contributed by atoms with Crippen LogP contribution in [0.4, 0.5) is 0 Å². The summed E-state index contributed by atoms with van der Waals surface area (Å²) in [5, 5.41) is 1.43. The molecule has 0 saturated carbocycles. The minimum atomic E-state index is -0.298. The smallest absolute Gasteiger partial charge is 0.340 e. The summed E-state index contributed by atoms with van der Waals surface area (Å²) in [6, 6.07) is 5.53. The van der Waals surface area contributed by atoms with Gasteiger partial charge in [-0.3, -0.25) is 4.79 Å². The number of esters is 1. The molecule has 0 unspecified atom stereocenters. The Labute approximate surface area is 185 Å². The molecule has 30 heavy (non-hydrogen) atoms. The average Bonchev–Trinajstić information content (AvgIpc) is 3.06. The van der Waals surface area contributed by atoms with Crippen LogP contribution in [-0.4, -0.2) is 41.5 Å². The molecule has 2 rings (SSSR count). The molecular formula is C24H35ClN2O3. The number of aromatic nitrogens is 1. The van der Waals surface area contributed by atoms with E-state index in [0.717, 1.165) is 68.8 Å². The Morgan fingerprint density at radius 1 is 1.07 bits per heavy atom. The molecule has 0 N–H and O–H groups in total. The second kappa shape index (κ2) is 12.6. The van der Waals surface area contributed by atoms with Gasteiger partial charge in [0.15, 0.2) is 0 Å². The molecule has 0 saturated heterocycles. The van der Waals surface area contributed by atoms with Gasteiger partial charge in [-0.15, -0.1) is 0 Å². The summed E-state index contributed by atoms with van der Waals surface area (Å²) in [6.07, 6.45) is 10.7. The first-order chi connectivity index (χ1) is 14.4. The van der Waals surface area contributed by atoms with Crippen molar-refractivity contribution in [3.05, 3.63) is 35.0 Å². The van der Waals surface area contributed by atoms with Crippen molar-refractivity contribution in [3.63, 3.8) is 0 Å².